The molecule has 6 rings (SSSR count). The highest BCUT2D eigenvalue weighted by Gasteiger charge is 2.39. The number of aliphatic hydroxyl groups is 1. The van der Waals surface area contributed by atoms with Gasteiger partial charge in [-0.1, -0.05) is 17.7 Å². The van der Waals surface area contributed by atoms with Crippen molar-refractivity contribution in [2.24, 2.45) is 0 Å². The van der Waals surface area contributed by atoms with Gasteiger partial charge in [0.05, 0.1) is 23.3 Å². The van der Waals surface area contributed by atoms with E-state index in [-0.39, 0.29) is 6.10 Å². The third kappa shape index (κ3) is 8.12. The summed E-state index contributed by atoms with van der Waals surface area (Å²) in [5, 5.41) is 33.0. The zero-order valence-corrected chi connectivity index (χ0v) is 24.2. The van der Waals surface area contributed by atoms with Crippen molar-refractivity contribution in [2.45, 2.75) is 38.5 Å². The molecule has 0 aliphatic carbocycles. The van der Waals surface area contributed by atoms with E-state index in [1.165, 1.54) is 0 Å². The standard InChI is InChI=1S/C23H21ClN6O2.2C2HF3O2/c1-14-26-27-22-3-2-19-20(30(14)22)9-21(23-25-4-5-32-23)29(19)11-16-6-15(7-17(24)8-16)10-28-12-18(31)13-28;2*3-2(4,5)1(6)7/h2-9,18,31H,10-13H2,1H3;2*(H,6,7). The molecule has 1 aliphatic rings. The maximum atomic E-state index is 10.6. The number of β-amino-alcohol motifs (C(OH)–C–C–N with tert-alkyl or cyclic N) is 1. The Bertz CT molecular complexity index is 1820. The number of hydrogen-bond donors (Lipinski definition) is 3. The minimum Gasteiger partial charge on any atom is -0.475 e. The van der Waals surface area contributed by atoms with E-state index in [4.69, 9.17) is 35.8 Å². The molecule has 4 aromatic heterocycles. The average Bonchev–Trinajstić information content (AvgIpc) is 3.67. The number of fused-ring (bicyclic) bond motifs is 3. The minimum atomic E-state index is -5.08. The summed E-state index contributed by atoms with van der Waals surface area (Å²) in [6.07, 6.45) is -7.16. The number of oxazole rings is 1. The number of rotatable bonds is 5. The SMILES string of the molecule is Cc1nnc2ccc3c(cc(-c4ncco4)n3Cc3cc(Cl)cc(CN4CC(O)C4)c3)n12.O=C(O)C(F)(F)F.O=C(O)C(F)(F)F. The summed E-state index contributed by atoms with van der Waals surface area (Å²) in [6.45, 7) is 4.71. The van der Waals surface area contributed by atoms with Crippen LogP contribution in [0.1, 0.15) is 17.0 Å². The van der Waals surface area contributed by atoms with E-state index in [9.17, 15) is 31.4 Å². The van der Waals surface area contributed by atoms with Crippen LogP contribution in [0.15, 0.2) is 53.3 Å². The lowest BCUT2D eigenvalue weighted by Gasteiger charge is -2.35. The van der Waals surface area contributed by atoms with Gasteiger partial charge in [-0.25, -0.2) is 14.6 Å². The van der Waals surface area contributed by atoms with Crippen LogP contribution in [0.3, 0.4) is 0 Å². The number of carbonyl (C=O) groups is 2. The normalized spacial score (nSPS) is 13.9. The summed E-state index contributed by atoms with van der Waals surface area (Å²) < 4.78 is 73.3. The molecule has 3 N–H and O–H groups in total. The number of pyridine rings is 1. The zero-order valence-electron chi connectivity index (χ0n) is 23.4. The molecule has 5 heterocycles. The van der Waals surface area contributed by atoms with Gasteiger partial charge in [0.15, 0.2) is 5.65 Å². The first-order valence-electron chi connectivity index (χ1n) is 13.0. The molecule has 1 aromatic carbocycles. The first kappa shape index (κ1) is 34.2. The molecular formula is C27H23ClF6N6O6. The van der Waals surface area contributed by atoms with Gasteiger partial charge in [-0.15, -0.1) is 10.2 Å². The van der Waals surface area contributed by atoms with Gasteiger partial charge in [0.2, 0.25) is 5.89 Å². The first-order chi connectivity index (χ1) is 21.4. The molecule has 0 radical (unpaired) electrons. The molecule has 1 fully saturated rings. The number of alkyl halides is 6. The van der Waals surface area contributed by atoms with Gasteiger partial charge in [0.1, 0.15) is 17.8 Å². The summed E-state index contributed by atoms with van der Waals surface area (Å²) in [5.41, 5.74) is 5.91. The third-order valence-corrected chi connectivity index (χ3v) is 6.66. The van der Waals surface area contributed by atoms with Crippen LogP contribution in [0.5, 0.6) is 0 Å². The number of aromatic nitrogens is 5. The van der Waals surface area contributed by atoms with Gasteiger partial charge in [-0.2, -0.15) is 26.3 Å². The number of aliphatic hydroxyl groups excluding tert-OH is 1. The number of halogens is 7. The summed E-state index contributed by atoms with van der Waals surface area (Å²) in [6, 6.07) is 12.2. The third-order valence-electron chi connectivity index (χ3n) is 6.44. The summed E-state index contributed by atoms with van der Waals surface area (Å²) >= 11 is 6.48. The molecule has 0 unspecified atom stereocenters. The van der Waals surface area contributed by atoms with Crippen LogP contribution in [-0.4, -0.2) is 87.9 Å². The fourth-order valence-electron chi connectivity index (χ4n) is 4.55. The molecule has 46 heavy (non-hydrogen) atoms. The van der Waals surface area contributed by atoms with Crippen molar-refractivity contribution >= 4 is 40.2 Å². The lowest BCUT2D eigenvalue weighted by atomic mass is 10.1. The Hall–Kier alpha value is -4.68. The number of aliphatic carboxylic acids is 2. The summed E-state index contributed by atoms with van der Waals surface area (Å²) in [7, 11) is 0. The molecule has 19 heteroatoms. The lowest BCUT2D eigenvalue weighted by Crippen LogP contribution is -2.49. The van der Waals surface area contributed by atoms with Crippen LogP contribution in [0.4, 0.5) is 26.3 Å². The maximum absolute atomic E-state index is 10.6. The molecule has 246 valence electrons. The van der Waals surface area contributed by atoms with Crippen molar-refractivity contribution in [2.75, 3.05) is 13.1 Å². The number of carboxylic acids is 2. The van der Waals surface area contributed by atoms with Crippen molar-refractivity contribution in [3.8, 4) is 11.6 Å². The first-order valence-corrected chi connectivity index (χ1v) is 13.3. The van der Waals surface area contributed by atoms with Crippen LogP contribution in [0, 0.1) is 6.92 Å². The highest BCUT2D eigenvalue weighted by molar-refractivity contribution is 6.30. The largest absolute Gasteiger partial charge is 0.490 e. The highest BCUT2D eigenvalue weighted by atomic mass is 35.5. The van der Waals surface area contributed by atoms with Crippen molar-refractivity contribution in [1.29, 1.82) is 0 Å². The molecule has 0 bridgehead atoms. The van der Waals surface area contributed by atoms with Gasteiger partial charge in [-0.05, 0) is 48.4 Å². The number of carboxylic acid groups (broad SMARTS) is 2. The van der Waals surface area contributed by atoms with E-state index in [0.717, 1.165) is 45.9 Å². The fourth-order valence-corrected chi connectivity index (χ4v) is 4.83. The molecular weight excluding hydrogens is 654 g/mol. The Balaban J connectivity index is 0.000000289. The number of hydrogen-bond acceptors (Lipinski definition) is 8. The molecule has 0 atom stereocenters. The monoisotopic (exact) mass is 676 g/mol. The van der Waals surface area contributed by atoms with E-state index >= 15 is 0 Å². The quantitative estimate of drug-likeness (QED) is 0.221. The Kier molecular flexibility index (Phi) is 9.93. The molecule has 1 saturated heterocycles. The Morgan fingerprint density at radius 1 is 0.935 bits per heavy atom. The van der Waals surface area contributed by atoms with Crippen molar-refractivity contribution in [1.82, 2.24) is 29.0 Å². The number of nitrogens with zero attached hydrogens (tertiary/aromatic N) is 6. The van der Waals surface area contributed by atoms with E-state index in [1.807, 2.05) is 29.5 Å². The van der Waals surface area contributed by atoms with Crippen LogP contribution in [0.2, 0.25) is 5.02 Å². The molecule has 0 saturated carbocycles. The lowest BCUT2D eigenvalue weighted by molar-refractivity contribution is -0.193. The topological polar surface area (TPSA) is 159 Å². The molecule has 0 spiro atoms. The number of benzene rings is 1. The van der Waals surface area contributed by atoms with Crippen LogP contribution >= 0.6 is 11.6 Å². The van der Waals surface area contributed by atoms with Crippen LogP contribution < -0.4 is 0 Å². The van der Waals surface area contributed by atoms with E-state index in [2.05, 4.69) is 42.8 Å². The fraction of sp³-hybridized carbons (Fsp3) is 0.296. The second-order valence-corrected chi connectivity index (χ2v) is 10.4. The van der Waals surface area contributed by atoms with Crippen molar-refractivity contribution in [3.05, 3.63) is 70.8 Å². The van der Waals surface area contributed by atoms with Gasteiger partial charge in [-0.3, -0.25) is 9.30 Å². The predicted molar refractivity (Wildman–Crippen MR) is 148 cm³/mol. The summed E-state index contributed by atoms with van der Waals surface area (Å²) in [5.74, 6) is -4.14. The predicted octanol–water partition coefficient (Wildman–Crippen LogP) is 4.79. The highest BCUT2D eigenvalue weighted by Crippen LogP contribution is 2.30. The molecule has 5 aromatic rings. The average molecular weight is 677 g/mol. The van der Waals surface area contributed by atoms with Gasteiger partial charge in [0, 0.05) is 31.2 Å². The van der Waals surface area contributed by atoms with Crippen LogP contribution in [-0.2, 0) is 22.7 Å². The van der Waals surface area contributed by atoms with Crippen molar-refractivity contribution < 1.29 is 55.7 Å². The number of likely N-dealkylation sites (tertiary alicyclic amines) is 1. The minimum absolute atomic E-state index is 0.221. The molecule has 12 nitrogen and oxygen atoms in total. The second-order valence-electron chi connectivity index (χ2n) is 9.92. The van der Waals surface area contributed by atoms with Gasteiger partial charge in [0.25, 0.3) is 0 Å². The summed E-state index contributed by atoms with van der Waals surface area (Å²) in [4.78, 5) is 24.4. The Morgan fingerprint density at radius 2 is 1.52 bits per heavy atom. The second kappa shape index (κ2) is 13.4. The van der Waals surface area contributed by atoms with Crippen LogP contribution in [0.25, 0.3) is 28.3 Å². The van der Waals surface area contributed by atoms with E-state index in [0.29, 0.717) is 30.5 Å². The molecule has 1 aliphatic heterocycles. The Labute approximate surface area is 259 Å². The number of aryl methyl sites for hydroxylation is 1. The Morgan fingerprint density at radius 3 is 2.04 bits per heavy atom. The maximum Gasteiger partial charge on any atom is 0.490 e. The van der Waals surface area contributed by atoms with Crippen molar-refractivity contribution in [3.63, 3.8) is 0 Å². The smallest absolute Gasteiger partial charge is 0.475 e. The zero-order chi connectivity index (χ0) is 34.0. The van der Waals surface area contributed by atoms with E-state index < -0.39 is 24.3 Å². The molecule has 0 amide bonds. The van der Waals surface area contributed by atoms with Gasteiger partial charge >= 0.3 is 24.3 Å². The van der Waals surface area contributed by atoms with E-state index in [1.54, 1.807) is 12.5 Å². The van der Waals surface area contributed by atoms with Gasteiger partial charge < -0.3 is 24.3 Å².